The van der Waals surface area contributed by atoms with E-state index in [0.717, 1.165) is 0 Å². The van der Waals surface area contributed by atoms with Crippen LogP contribution in [0.4, 0.5) is 22.0 Å². The summed E-state index contributed by atoms with van der Waals surface area (Å²) >= 11 is -1.19. The van der Waals surface area contributed by atoms with Crippen LogP contribution in [-0.4, -0.2) is 29.3 Å². The topological polar surface area (TPSA) is 84.9 Å². The maximum Gasteiger partial charge on any atom is 0.432 e. The molecule has 0 aromatic heterocycles. The van der Waals surface area contributed by atoms with Crippen LogP contribution in [0.5, 0.6) is 0 Å². The first kappa shape index (κ1) is 19.8. The quantitative estimate of drug-likeness (QED) is 0.220. The molecule has 4 aliphatic rings. The molecule has 4 saturated carbocycles. The van der Waals surface area contributed by atoms with Gasteiger partial charge in [-0.25, -0.2) is 0 Å². The van der Waals surface area contributed by atoms with Crippen molar-refractivity contribution < 1.29 is 50.9 Å². The van der Waals surface area contributed by atoms with Gasteiger partial charge in [-0.3, -0.25) is 14.6 Å². The molecule has 0 aromatic carbocycles. The van der Waals surface area contributed by atoms with E-state index >= 15 is 0 Å². The van der Waals surface area contributed by atoms with E-state index in [9.17, 15) is 36.8 Å². The van der Waals surface area contributed by atoms with Gasteiger partial charge in [0.1, 0.15) is 17.8 Å². The van der Waals surface area contributed by atoms with Crippen LogP contribution >= 0.6 is 12.0 Å². The molecule has 0 radical (unpaired) electrons. The van der Waals surface area contributed by atoms with Crippen LogP contribution in [0.3, 0.4) is 0 Å². The van der Waals surface area contributed by atoms with Crippen LogP contribution in [0.2, 0.25) is 0 Å². The second-order valence-corrected chi connectivity index (χ2v) is 7.98. The van der Waals surface area contributed by atoms with Gasteiger partial charge >= 0.3 is 17.4 Å². The van der Waals surface area contributed by atoms with Gasteiger partial charge in [-0.05, 0) is 38.0 Å². The lowest BCUT2D eigenvalue weighted by Gasteiger charge is -2.54. The molecule has 148 valence electrons. The predicted octanol–water partition coefficient (Wildman–Crippen LogP) is 2.32. The molecule has 3 unspecified atom stereocenters. The van der Waals surface area contributed by atoms with Crippen molar-refractivity contribution in [2.45, 2.75) is 49.6 Å². The van der Waals surface area contributed by atoms with Gasteiger partial charge in [0.2, 0.25) is 0 Å². The lowest BCUT2D eigenvalue weighted by Crippen LogP contribution is -2.57. The molecule has 0 aromatic rings. The third-order valence-corrected chi connectivity index (χ3v) is 5.99. The SMILES string of the molecule is O=C1C2CC3CC1CC(C(=O)OC(C(F)(F)F)C(F)(F)SOO[O-])(C3)C2. The van der Waals surface area contributed by atoms with Gasteiger partial charge < -0.3 is 9.99 Å². The number of carbonyl (C=O) groups is 2. The minimum absolute atomic E-state index is 0.00540. The molecular weight excluding hydrogens is 391 g/mol. The normalized spacial score (nSPS) is 34.8. The molecule has 4 rings (SSSR count). The molecule has 4 bridgehead atoms. The third-order valence-electron chi connectivity index (χ3n) is 5.43. The maximum atomic E-state index is 13.7. The van der Waals surface area contributed by atoms with Gasteiger partial charge in [0.15, 0.2) is 0 Å². The Morgan fingerprint density at radius 2 is 1.73 bits per heavy atom. The zero-order valence-corrected chi connectivity index (χ0v) is 13.9. The molecule has 0 N–H and O–H groups in total. The first-order valence-electron chi connectivity index (χ1n) is 7.82. The van der Waals surface area contributed by atoms with E-state index in [1.807, 2.05) is 0 Å². The van der Waals surface area contributed by atoms with Crippen molar-refractivity contribution in [3.63, 3.8) is 0 Å². The Kier molecular flexibility index (Phi) is 5.00. The Morgan fingerprint density at radius 1 is 1.15 bits per heavy atom. The fourth-order valence-electron chi connectivity index (χ4n) is 4.66. The van der Waals surface area contributed by atoms with Gasteiger partial charge in [-0.15, -0.1) is 0 Å². The largest absolute Gasteiger partial charge is 0.691 e. The van der Waals surface area contributed by atoms with E-state index in [2.05, 4.69) is 14.1 Å². The monoisotopic (exact) mass is 405 g/mol. The van der Waals surface area contributed by atoms with E-state index in [0.29, 0.717) is 12.8 Å². The summed E-state index contributed by atoms with van der Waals surface area (Å²) in [6, 6.07) is 0. The van der Waals surface area contributed by atoms with Crippen LogP contribution in [0, 0.1) is 23.2 Å². The van der Waals surface area contributed by atoms with Crippen molar-refractivity contribution in [2.75, 3.05) is 0 Å². The number of carbonyl (C=O) groups excluding carboxylic acids is 2. The molecule has 6 nitrogen and oxygen atoms in total. The fourth-order valence-corrected chi connectivity index (χ4v) is 5.05. The van der Waals surface area contributed by atoms with E-state index in [-0.39, 0.29) is 31.0 Å². The summed E-state index contributed by atoms with van der Waals surface area (Å²) in [4.78, 5) is 24.6. The Balaban J connectivity index is 1.79. The van der Waals surface area contributed by atoms with Crippen molar-refractivity contribution >= 4 is 23.8 Å². The van der Waals surface area contributed by atoms with Crippen molar-refractivity contribution in [3.8, 4) is 0 Å². The Bertz CT molecular complexity index is 579. The van der Waals surface area contributed by atoms with Crippen molar-refractivity contribution in [2.24, 2.45) is 23.2 Å². The minimum Gasteiger partial charge on any atom is -0.691 e. The second-order valence-electron chi connectivity index (χ2n) is 7.13. The van der Waals surface area contributed by atoms with Crippen LogP contribution in [-0.2, 0) is 23.7 Å². The number of Topliss-reactive ketones (excluding diaryl/α,β-unsaturated/α-hetero) is 1. The van der Waals surface area contributed by atoms with Gasteiger partial charge in [0.25, 0.3) is 6.10 Å². The Labute approximate surface area is 148 Å². The van der Waals surface area contributed by atoms with E-state index in [1.165, 1.54) is 0 Å². The molecule has 3 atom stereocenters. The summed E-state index contributed by atoms with van der Waals surface area (Å²) in [6.45, 7) is 0. The van der Waals surface area contributed by atoms with Crippen molar-refractivity contribution in [1.82, 2.24) is 0 Å². The molecule has 0 heterocycles. The summed E-state index contributed by atoms with van der Waals surface area (Å²) < 4.78 is 74.1. The highest BCUT2D eigenvalue weighted by atomic mass is 32.2. The van der Waals surface area contributed by atoms with Gasteiger partial charge in [-0.1, -0.05) is 0 Å². The van der Waals surface area contributed by atoms with Crippen molar-refractivity contribution in [3.05, 3.63) is 0 Å². The number of hydrogen-bond acceptors (Lipinski definition) is 7. The average Bonchev–Trinajstić information content (AvgIpc) is 2.53. The van der Waals surface area contributed by atoms with E-state index in [4.69, 9.17) is 0 Å². The number of hydrogen-bond donors (Lipinski definition) is 0. The van der Waals surface area contributed by atoms with Crippen LogP contribution in [0.25, 0.3) is 0 Å². The first-order valence-corrected chi connectivity index (χ1v) is 8.56. The molecule has 0 spiro atoms. The number of ether oxygens (including phenoxy) is 1. The number of halogens is 5. The zero-order chi connectivity index (χ0) is 19.3. The smallest absolute Gasteiger partial charge is 0.432 e. The van der Waals surface area contributed by atoms with Gasteiger partial charge in [0.05, 0.1) is 5.41 Å². The van der Waals surface area contributed by atoms with Crippen LogP contribution in [0.1, 0.15) is 32.1 Å². The fraction of sp³-hybridized carbons (Fsp3) is 0.857. The number of ketones is 1. The molecule has 0 saturated heterocycles. The lowest BCUT2D eigenvalue weighted by atomic mass is 9.49. The highest BCUT2D eigenvalue weighted by Crippen LogP contribution is 2.59. The molecule has 4 fully saturated rings. The molecule has 0 amide bonds. The molecular formula is C14H14F5O6S-. The summed E-state index contributed by atoms with van der Waals surface area (Å²) in [6.07, 6.45) is -8.04. The van der Waals surface area contributed by atoms with Crippen molar-refractivity contribution in [1.29, 1.82) is 0 Å². The van der Waals surface area contributed by atoms with Gasteiger partial charge in [-0.2, -0.15) is 26.3 Å². The summed E-state index contributed by atoms with van der Waals surface area (Å²) in [5, 5.41) is 7.48. The molecule has 12 heteroatoms. The van der Waals surface area contributed by atoms with E-state index < -0.39 is 52.8 Å². The third kappa shape index (κ3) is 3.43. The summed E-state index contributed by atoms with van der Waals surface area (Å²) in [7, 11) is 0. The van der Waals surface area contributed by atoms with E-state index in [1.54, 1.807) is 0 Å². The molecule has 4 aliphatic carbocycles. The Morgan fingerprint density at radius 3 is 2.23 bits per heavy atom. The van der Waals surface area contributed by atoms with Gasteiger partial charge in [0, 0.05) is 11.8 Å². The molecule has 26 heavy (non-hydrogen) atoms. The Hall–Kier alpha value is -0.980. The minimum atomic E-state index is -5.60. The second kappa shape index (κ2) is 6.57. The summed E-state index contributed by atoms with van der Waals surface area (Å²) in [5.74, 6) is -2.29. The first-order chi connectivity index (χ1) is 12.0. The van der Waals surface area contributed by atoms with Crippen LogP contribution < -0.4 is 5.26 Å². The number of rotatable bonds is 6. The standard InChI is InChI=1S/C14H15F5O6S/c15-13(16,17)10(14(18,19)26-25-24-22)23-11(21)12-3-6-1-7(4-12)9(20)8(2-6)5-12/h6-8,10,22H,1-5H2/p-1. The maximum absolute atomic E-state index is 13.7. The molecule has 0 aliphatic heterocycles. The summed E-state index contributed by atoms with van der Waals surface area (Å²) in [5.41, 5.74) is -1.36. The number of esters is 1. The highest BCUT2D eigenvalue weighted by Gasteiger charge is 2.64. The zero-order valence-electron chi connectivity index (χ0n) is 13.1. The highest BCUT2D eigenvalue weighted by molar-refractivity contribution is 7.95. The number of alkyl halides is 5. The average molecular weight is 405 g/mol. The predicted molar refractivity (Wildman–Crippen MR) is 71.6 cm³/mol. The van der Waals surface area contributed by atoms with Crippen LogP contribution in [0.15, 0.2) is 0 Å². The lowest BCUT2D eigenvalue weighted by molar-refractivity contribution is -0.777.